The lowest BCUT2D eigenvalue weighted by Gasteiger charge is -2.38. The second-order valence-corrected chi connectivity index (χ2v) is 3.89. The number of benzene rings is 1. The van der Waals surface area contributed by atoms with Gasteiger partial charge in [-0.3, -0.25) is 0 Å². The third kappa shape index (κ3) is 1.48. The van der Waals surface area contributed by atoms with E-state index in [4.69, 9.17) is 10.5 Å². The van der Waals surface area contributed by atoms with Gasteiger partial charge in [0.25, 0.3) is 0 Å². The van der Waals surface area contributed by atoms with Gasteiger partial charge in [-0.25, -0.2) is 4.39 Å². The first-order valence-corrected chi connectivity index (χ1v) is 4.78. The van der Waals surface area contributed by atoms with E-state index in [-0.39, 0.29) is 11.4 Å². The maximum absolute atomic E-state index is 13.2. The summed E-state index contributed by atoms with van der Waals surface area (Å²) in [7, 11) is 1.53. The molecule has 0 bridgehead atoms. The molecule has 0 radical (unpaired) electrons. The van der Waals surface area contributed by atoms with E-state index in [1.807, 2.05) is 6.07 Å². The van der Waals surface area contributed by atoms with Gasteiger partial charge < -0.3 is 10.5 Å². The number of halogens is 1. The molecule has 2 nitrogen and oxygen atoms in total. The zero-order valence-electron chi connectivity index (χ0n) is 8.22. The molecule has 1 fully saturated rings. The number of nitrogens with two attached hydrogens (primary N) is 1. The Bertz CT molecular complexity index is 347. The molecular weight excluding hydrogens is 181 g/mol. The quantitative estimate of drug-likeness (QED) is 0.785. The first-order chi connectivity index (χ1) is 6.64. The molecule has 76 valence electrons. The van der Waals surface area contributed by atoms with Crippen LogP contribution in [0.5, 0.6) is 5.75 Å². The Balaban J connectivity index is 2.37. The first-order valence-electron chi connectivity index (χ1n) is 4.78. The molecule has 3 heteroatoms. The average Bonchev–Trinajstić information content (AvgIpc) is 2.13. The second-order valence-electron chi connectivity index (χ2n) is 3.89. The smallest absolute Gasteiger partial charge is 0.127 e. The molecule has 2 N–H and O–H groups in total. The lowest BCUT2D eigenvalue weighted by atomic mass is 9.73. The van der Waals surface area contributed by atoms with Crippen molar-refractivity contribution in [3.8, 4) is 5.75 Å². The standard InChI is InChI=1S/C11H14FNO/c1-14-10-6-8(5-9(12)7-10)11(13)3-2-4-11/h5-7H,2-4,13H2,1H3. The summed E-state index contributed by atoms with van der Waals surface area (Å²) in [5, 5.41) is 0. The van der Waals surface area contributed by atoms with Crippen LogP contribution >= 0.6 is 0 Å². The molecule has 0 aliphatic heterocycles. The molecule has 1 aromatic rings. The van der Waals surface area contributed by atoms with E-state index in [2.05, 4.69) is 0 Å². The normalized spacial score (nSPS) is 18.8. The van der Waals surface area contributed by atoms with E-state index in [0.717, 1.165) is 24.8 Å². The fourth-order valence-corrected chi connectivity index (χ4v) is 1.81. The summed E-state index contributed by atoms with van der Waals surface area (Å²) in [6, 6.07) is 4.69. The average molecular weight is 195 g/mol. The minimum Gasteiger partial charge on any atom is -0.497 e. The largest absolute Gasteiger partial charge is 0.497 e. The molecular formula is C11H14FNO. The van der Waals surface area contributed by atoms with Crippen LogP contribution in [0.25, 0.3) is 0 Å². The predicted molar refractivity (Wildman–Crippen MR) is 52.7 cm³/mol. The van der Waals surface area contributed by atoms with E-state index in [1.165, 1.54) is 19.2 Å². The summed E-state index contributed by atoms with van der Waals surface area (Å²) in [6.45, 7) is 0. The van der Waals surface area contributed by atoms with E-state index in [9.17, 15) is 4.39 Å². The van der Waals surface area contributed by atoms with Crippen LogP contribution in [-0.4, -0.2) is 7.11 Å². The zero-order valence-corrected chi connectivity index (χ0v) is 8.22. The summed E-state index contributed by atoms with van der Waals surface area (Å²) in [5.74, 6) is 0.257. The molecule has 0 saturated heterocycles. The Kier molecular flexibility index (Phi) is 2.19. The van der Waals surface area contributed by atoms with Crippen LogP contribution < -0.4 is 10.5 Å². The Hall–Kier alpha value is -1.09. The Morgan fingerprint density at radius 1 is 1.36 bits per heavy atom. The van der Waals surface area contributed by atoms with Gasteiger partial charge in [0.1, 0.15) is 11.6 Å². The molecule has 1 aromatic carbocycles. The molecule has 2 rings (SSSR count). The predicted octanol–water partition coefficient (Wildman–Crippen LogP) is 2.17. The van der Waals surface area contributed by atoms with Gasteiger partial charge in [-0.05, 0) is 37.0 Å². The van der Waals surface area contributed by atoms with Crippen molar-refractivity contribution in [2.75, 3.05) is 7.11 Å². The van der Waals surface area contributed by atoms with Gasteiger partial charge in [0.05, 0.1) is 7.11 Å². The fourth-order valence-electron chi connectivity index (χ4n) is 1.81. The van der Waals surface area contributed by atoms with Gasteiger partial charge in [-0.2, -0.15) is 0 Å². The number of methoxy groups -OCH3 is 1. The van der Waals surface area contributed by atoms with Gasteiger partial charge >= 0.3 is 0 Å². The number of hydrogen-bond donors (Lipinski definition) is 1. The maximum Gasteiger partial charge on any atom is 0.127 e. The summed E-state index contributed by atoms with van der Waals surface area (Å²) >= 11 is 0. The van der Waals surface area contributed by atoms with Crippen LogP contribution in [0.2, 0.25) is 0 Å². The molecule has 1 saturated carbocycles. The summed E-state index contributed by atoms with van der Waals surface area (Å²) in [4.78, 5) is 0. The van der Waals surface area contributed by atoms with Crippen LogP contribution in [0.3, 0.4) is 0 Å². The van der Waals surface area contributed by atoms with Crippen molar-refractivity contribution in [3.05, 3.63) is 29.6 Å². The van der Waals surface area contributed by atoms with Crippen LogP contribution in [0.4, 0.5) is 4.39 Å². The number of rotatable bonds is 2. The van der Waals surface area contributed by atoms with E-state index < -0.39 is 0 Å². The zero-order chi connectivity index (χ0) is 10.2. The van der Waals surface area contributed by atoms with Crippen molar-refractivity contribution in [1.82, 2.24) is 0 Å². The fraction of sp³-hybridized carbons (Fsp3) is 0.455. The molecule has 0 spiro atoms. The molecule has 0 aromatic heterocycles. The van der Waals surface area contributed by atoms with Gasteiger partial charge in [0, 0.05) is 11.6 Å². The van der Waals surface area contributed by atoms with Crippen LogP contribution in [0.1, 0.15) is 24.8 Å². The Labute approximate surface area is 82.9 Å². The highest BCUT2D eigenvalue weighted by molar-refractivity contribution is 5.35. The number of hydrogen-bond acceptors (Lipinski definition) is 2. The van der Waals surface area contributed by atoms with Crippen molar-refractivity contribution in [1.29, 1.82) is 0 Å². The van der Waals surface area contributed by atoms with Crippen molar-refractivity contribution >= 4 is 0 Å². The Morgan fingerprint density at radius 2 is 2.07 bits per heavy atom. The van der Waals surface area contributed by atoms with E-state index in [1.54, 1.807) is 0 Å². The highest BCUT2D eigenvalue weighted by atomic mass is 19.1. The summed E-state index contributed by atoms with van der Waals surface area (Å²) in [6.07, 6.45) is 2.98. The third-order valence-electron chi connectivity index (χ3n) is 2.93. The van der Waals surface area contributed by atoms with Crippen LogP contribution in [0, 0.1) is 5.82 Å². The minimum absolute atomic E-state index is 0.281. The highest BCUT2D eigenvalue weighted by Gasteiger charge is 2.34. The van der Waals surface area contributed by atoms with Crippen LogP contribution in [0.15, 0.2) is 18.2 Å². The van der Waals surface area contributed by atoms with Gasteiger partial charge in [0.2, 0.25) is 0 Å². The molecule has 1 aliphatic carbocycles. The SMILES string of the molecule is COc1cc(F)cc(C2(N)CCC2)c1. The number of ether oxygens (including phenoxy) is 1. The second kappa shape index (κ2) is 3.24. The van der Waals surface area contributed by atoms with Crippen LogP contribution in [-0.2, 0) is 5.54 Å². The highest BCUT2D eigenvalue weighted by Crippen LogP contribution is 2.39. The van der Waals surface area contributed by atoms with Crippen molar-refractivity contribution in [2.24, 2.45) is 5.73 Å². The third-order valence-corrected chi connectivity index (χ3v) is 2.93. The van der Waals surface area contributed by atoms with Gasteiger partial charge in [0.15, 0.2) is 0 Å². The molecule has 0 unspecified atom stereocenters. The lowest BCUT2D eigenvalue weighted by molar-refractivity contribution is 0.251. The van der Waals surface area contributed by atoms with Gasteiger partial charge in [-0.15, -0.1) is 0 Å². The van der Waals surface area contributed by atoms with E-state index >= 15 is 0 Å². The van der Waals surface area contributed by atoms with Crippen molar-refractivity contribution in [2.45, 2.75) is 24.8 Å². The summed E-state index contributed by atoms with van der Waals surface area (Å²) in [5.41, 5.74) is 6.62. The molecule has 0 amide bonds. The summed E-state index contributed by atoms with van der Waals surface area (Å²) < 4.78 is 18.2. The lowest BCUT2D eigenvalue weighted by Crippen LogP contribution is -2.43. The topological polar surface area (TPSA) is 35.2 Å². The molecule has 0 atom stereocenters. The van der Waals surface area contributed by atoms with E-state index in [0.29, 0.717) is 5.75 Å². The molecule has 0 heterocycles. The molecule has 1 aliphatic rings. The molecule has 14 heavy (non-hydrogen) atoms. The monoisotopic (exact) mass is 195 g/mol. The van der Waals surface area contributed by atoms with Crippen molar-refractivity contribution in [3.63, 3.8) is 0 Å². The van der Waals surface area contributed by atoms with Gasteiger partial charge in [-0.1, -0.05) is 0 Å². The first kappa shape index (κ1) is 9.46. The maximum atomic E-state index is 13.2. The van der Waals surface area contributed by atoms with Crippen molar-refractivity contribution < 1.29 is 9.13 Å². The minimum atomic E-state index is -0.324. The Morgan fingerprint density at radius 3 is 2.57 bits per heavy atom.